The molecule has 0 bridgehead atoms. The molecule has 0 amide bonds. The van der Waals surface area contributed by atoms with Crippen LogP contribution in [0.15, 0.2) is 30.5 Å². The van der Waals surface area contributed by atoms with E-state index in [-0.39, 0.29) is 17.4 Å². The molecule has 19 heavy (non-hydrogen) atoms. The first-order valence-electron chi connectivity index (χ1n) is 5.33. The molecule has 2 aromatic rings. The van der Waals surface area contributed by atoms with Gasteiger partial charge >= 0.3 is 5.97 Å². The highest BCUT2D eigenvalue weighted by molar-refractivity contribution is 6.33. The maximum Gasteiger partial charge on any atom is 0.357 e. The number of carbonyl (C=O) groups is 1. The summed E-state index contributed by atoms with van der Waals surface area (Å²) in [4.78, 5) is 10.8. The van der Waals surface area contributed by atoms with Gasteiger partial charge in [-0.25, -0.2) is 9.48 Å². The molecule has 0 saturated carbocycles. The number of methoxy groups -OCH3 is 1. The monoisotopic (exact) mass is 282 g/mol. The van der Waals surface area contributed by atoms with Gasteiger partial charge in [-0.05, 0) is 24.3 Å². The van der Waals surface area contributed by atoms with Crippen molar-refractivity contribution < 1.29 is 19.4 Å². The summed E-state index contributed by atoms with van der Waals surface area (Å²) in [6.45, 7) is 0.0688. The highest BCUT2D eigenvalue weighted by atomic mass is 35.5. The van der Waals surface area contributed by atoms with Gasteiger partial charge in [0.2, 0.25) is 0 Å². The van der Waals surface area contributed by atoms with E-state index in [4.69, 9.17) is 26.2 Å². The molecule has 0 saturated heterocycles. The van der Waals surface area contributed by atoms with Gasteiger partial charge < -0.3 is 14.6 Å². The Morgan fingerprint density at radius 1 is 1.37 bits per heavy atom. The van der Waals surface area contributed by atoms with E-state index in [0.717, 1.165) is 5.75 Å². The van der Waals surface area contributed by atoms with Crippen LogP contribution in [-0.4, -0.2) is 28.0 Å². The molecule has 2 rings (SSSR count). The van der Waals surface area contributed by atoms with Crippen LogP contribution in [0.4, 0.5) is 0 Å². The number of aromatic carboxylic acids is 1. The normalized spacial score (nSPS) is 10.2. The van der Waals surface area contributed by atoms with Crippen molar-refractivity contribution in [2.45, 2.75) is 6.73 Å². The summed E-state index contributed by atoms with van der Waals surface area (Å²) in [5, 5.41) is 12.7. The summed E-state index contributed by atoms with van der Waals surface area (Å²) < 4.78 is 11.8. The minimum atomic E-state index is -1.17. The first-order chi connectivity index (χ1) is 9.10. The van der Waals surface area contributed by atoms with Gasteiger partial charge in [-0.15, -0.1) is 0 Å². The van der Waals surface area contributed by atoms with Crippen LogP contribution in [0.3, 0.4) is 0 Å². The minimum absolute atomic E-state index is 0.0688. The Bertz CT molecular complexity index is 580. The van der Waals surface area contributed by atoms with E-state index in [1.165, 1.54) is 10.9 Å². The first-order valence-corrected chi connectivity index (χ1v) is 5.71. The molecule has 1 aromatic heterocycles. The van der Waals surface area contributed by atoms with Gasteiger partial charge in [0.1, 0.15) is 11.5 Å². The number of benzene rings is 1. The highest BCUT2D eigenvalue weighted by Gasteiger charge is 2.13. The summed E-state index contributed by atoms with van der Waals surface area (Å²) in [5.74, 6) is 0.167. The fraction of sp³-hybridized carbons (Fsp3) is 0.167. The molecule has 0 atom stereocenters. The molecule has 0 aliphatic carbocycles. The van der Waals surface area contributed by atoms with Gasteiger partial charge in [0.05, 0.1) is 12.1 Å². The van der Waals surface area contributed by atoms with Crippen molar-refractivity contribution in [3.05, 3.63) is 41.2 Å². The third-order valence-corrected chi connectivity index (χ3v) is 2.62. The highest BCUT2D eigenvalue weighted by Crippen LogP contribution is 2.18. The Morgan fingerprint density at radius 2 is 2.00 bits per heavy atom. The molecule has 0 spiro atoms. The molecule has 100 valence electrons. The smallest absolute Gasteiger partial charge is 0.357 e. The predicted molar refractivity (Wildman–Crippen MR) is 67.8 cm³/mol. The fourth-order valence-corrected chi connectivity index (χ4v) is 1.65. The number of aromatic nitrogens is 2. The lowest BCUT2D eigenvalue weighted by atomic mass is 10.3. The molecule has 0 unspecified atom stereocenters. The van der Waals surface area contributed by atoms with Gasteiger partial charge in [0.25, 0.3) is 0 Å². The summed E-state index contributed by atoms with van der Waals surface area (Å²) in [6.07, 6.45) is 1.40. The Kier molecular flexibility index (Phi) is 3.91. The standard InChI is InChI=1S/C12H11ClN2O4/c1-18-8-2-4-9(5-3-8)19-7-15-6-10(13)11(14-15)12(16)17/h2-6H,7H2,1H3,(H,16,17). The molecule has 0 aliphatic rings. The molecular formula is C12H11ClN2O4. The molecule has 1 N–H and O–H groups in total. The van der Waals surface area contributed by atoms with Crippen LogP contribution in [0, 0.1) is 0 Å². The Labute approximate surface area is 114 Å². The van der Waals surface area contributed by atoms with Crippen molar-refractivity contribution in [3.8, 4) is 11.5 Å². The van der Waals surface area contributed by atoms with Crippen LogP contribution in [0.1, 0.15) is 10.5 Å². The van der Waals surface area contributed by atoms with Crippen molar-refractivity contribution in [2.24, 2.45) is 0 Å². The SMILES string of the molecule is COc1ccc(OCn2cc(Cl)c(C(=O)O)n2)cc1. The number of carboxylic acids is 1. The zero-order valence-electron chi connectivity index (χ0n) is 10.0. The van der Waals surface area contributed by atoms with E-state index in [9.17, 15) is 4.79 Å². The van der Waals surface area contributed by atoms with Gasteiger partial charge in [0, 0.05) is 6.20 Å². The van der Waals surface area contributed by atoms with Crippen LogP contribution in [0.5, 0.6) is 11.5 Å². The number of hydrogen-bond donors (Lipinski definition) is 1. The third kappa shape index (κ3) is 3.17. The van der Waals surface area contributed by atoms with E-state index in [1.54, 1.807) is 31.4 Å². The van der Waals surface area contributed by atoms with Crippen LogP contribution < -0.4 is 9.47 Å². The van der Waals surface area contributed by atoms with Crippen molar-refractivity contribution in [2.75, 3.05) is 7.11 Å². The molecule has 7 heteroatoms. The molecular weight excluding hydrogens is 272 g/mol. The minimum Gasteiger partial charge on any atom is -0.497 e. The van der Waals surface area contributed by atoms with Gasteiger partial charge in [-0.3, -0.25) is 0 Å². The van der Waals surface area contributed by atoms with E-state index in [0.29, 0.717) is 5.75 Å². The van der Waals surface area contributed by atoms with Crippen LogP contribution in [0.2, 0.25) is 5.02 Å². The van der Waals surface area contributed by atoms with Crippen molar-refractivity contribution in [3.63, 3.8) is 0 Å². The Morgan fingerprint density at radius 3 is 2.53 bits per heavy atom. The molecule has 0 aliphatic heterocycles. The third-order valence-electron chi connectivity index (χ3n) is 2.34. The zero-order valence-corrected chi connectivity index (χ0v) is 10.8. The van der Waals surface area contributed by atoms with E-state index in [2.05, 4.69) is 5.10 Å². The van der Waals surface area contributed by atoms with Crippen LogP contribution in [0.25, 0.3) is 0 Å². The Balaban J connectivity index is 2.01. The van der Waals surface area contributed by atoms with Crippen LogP contribution in [-0.2, 0) is 6.73 Å². The van der Waals surface area contributed by atoms with Gasteiger partial charge in [0.15, 0.2) is 12.4 Å². The molecule has 1 aromatic carbocycles. The second-order valence-electron chi connectivity index (χ2n) is 3.62. The first kappa shape index (κ1) is 13.2. The fourth-order valence-electron chi connectivity index (χ4n) is 1.42. The van der Waals surface area contributed by atoms with E-state index >= 15 is 0 Å². The summed E-state index contributed by atoms with van der Waals surface area (Å²) in [7, 11) is 1.58. The number of carboxylic acid groups (broad SMARTS) is 1. The van der Waals surface area contributed by atoms with Gasteiger partial charge in [-0.1, -0.05) is 11.6 Å². The number of rotatable bonds is 5. The lowest BCUT2D eigenvalue weighted by molar-refractivity contribution is 0.0688. The van der Waals surface area contributed by atoms with Gasteiger partial charge in [-0.2, -0.15) is 5.10 Å². The lowest BCUT2D eigenvalue weighted by Gasteiger charge is -2.06. The molecule has 6 nitrogen and oxygen atoms in total. The number of nitrogens with zero attached hydrogens (tertiary/aromatic N) is 2. The molecule has 0 fully saturated rings. The summed E-state index contributed by atoms with van der Waals surface area (Å²) >= 11 is 5.73. The number of hydrogen-bond acceptors (Lipinski definition) is 4. The number of ether oxygens (including phenoxy) is 2. The average molecular weight is 283 g/mol. The maximum atomic E-state index is 10.8. The van der Waals surface area contributed by atoms with E-state index in [1.807, 2.05) is 0 Å². The summed E-state index contributed by atoms with van der Waals surface area (Å²) in [6, 6.07) is 6.99. The zero-order chi connectivity index (χ0) is 13.8. The second-order valence-corrected chi connectivity index (χ2v) is 4.03. The molecule has 0 radical (unpaired) electrons. The topological polar surface area (TPSA) is 73.6 Å². The average Bonchev–Trinajstić information content (AvgIpc) is 2.78. The molecule has 1 heterocycles. The van der Waals surface area contributed by atoms with Crippen molar-refractivity contribution >= 4 is 17.6 Å². The lowest BCUT2D eigenvalue weighted by Crippen LogP contribution is -2.07. The van der Waals surface area contributed by atoms with Crippen molar-refractivity contribution in [1.29, 1.82) is 0 Å². The number of halogens is 1. The van der Waals surface area contributed by atoms with E-state index < -0.39 is 5.97 Å². The van der Waals surface area contributed by atoms with Crippen molar-refractivity contribution in [1.82, 2.24) is 9.78 Å². The second kappa shape index (κ2) is 5.62. The summed E-state index contributed by atoms with van der Waals surface area (Å²) in [5.41, 5.74) is -0.194. The quantitative estimate of drug-likeness (QED) is 0.911. The predicted octanol–water partition coefficient (Wildman–Crippen LogP) is 2.28. The van der Waals surface area contributed by atoms with Crippen LogP contribution >= 0.6 is 11.6 Å². The largest absolute Gasteiger partial charge is 0.497 e. The maximum absolute atomic E-state index is 10.8. The Hall–Kier alpha value is -2.21.